The van der Waals surface area contributed by atoms with E-state index in [-0.39, 0.29) is 17.0 Å². The molecule has 0 fully saturated rings. The molecule has 0 bridgehead atoms. The van der Waals surface area contributed by atoms with E-state index in [1.807, 2.05) is 18.2 Å². The lowest BCUT2D eigenvalue weighted by Crippen LogP contribution is -2.35. The Morgan fingerprint density at radius 3 is 2.10 bits per heavy atom. The van der Waals surface area contributed by atoms with Crippen LogP contribution in [0, 0.1) is 11.6 Å². The van der Waals surface area contributed by atoms with Crippen LogP contribution in [0.2, 0.25) is 0 Å². The van der Waals surface area contributed by atoms with E-state index in [0.29, 0.717) is 6.54 Å². The minimum atomic E-state index is -0.507. The first-order valence-electron chi connectivity index (χ1n) is 7.14. The standard InChI is InChI=1S/C18H21F2N/c1-13(17-15(19)10-7-11-16(17)20)21-12-18(2,3)14-8-5-4-6-9-14/h4-11,13,21H,12H2,1-3H3. The minimum absolute atomic E-state index is 0.0985. The van der Waals surface area contributed by atoms with Crippen LogP contribution in [0.25, 0.3) is 0 Å². The Balaban J connectivity index is 2.09. The van der Waals surface area contributed by atoms with Gasteiger partial charge in [-0.3, -0.25) is 0 Å². The van der Waals surface area contributed by atoms with E-state index in [2.05, 4.69) is 31.3 Å². The zero-order valence-electron chi connectivity index (χ0n) is 12.7. The van der Waals surface area contributed by atoms with E-state index in [1.54, 1.807) is 6.92 Å². The molecule has 0 saturated carbocycles. The molecule has 0 aliphatic carbocycles. The number of halogens is 2. The molecule has 0 aromatic heterocycles. The molecule has 0 spiro atoms. The van der Waals surface area contributed by atoms with Gasteiger partial charge in [0.25, 0.3) is 0 Å². The highest BCUT2D eigenvalue weighted by Crippen LogP contribution is 2.25. The molecule has 1 N–H and O–H groups in total. The first-order valence-corrected chi connectivity index (χ1v) is 7.14. The monoisotopic (exact) mass is 289 g/mol. The van der Waals surface area contributed by atoms with Gasteiger partial charge in [0.1, 0.15) is 11.6 Å². The van der Waals surface area contributed by atoms with E-state index >= 15 is 0 Å². The van der Waals surface area contributed by atoms with Crippen LogP contribution in [0.15, 0.2) is 48.5 Å². The second kappa shape index (κ2) is 6.35. The van der Waals surface area contributed by atoms with Crippen molar-refractivity contribution in [2.45, 2.75) is 32.2 Å². The summed E-state index contributed by atoms with van der Waals surface area (Å²) in [6, 6.07) is 13.7. The predicted octanol–water partition coefficient (Wildman–Crippen LogP) is 4.59. The van der Waals surface area contributed by atoms with Crippen molar-refractivity contribution >= 4 is 0 Å². The smallest absolute Gasteiger partial charge is 0.130 e. The average Bonchev–Trinajstić information content (AvgIpc) is 2.46. The fourth-order valence-corrected chi connectivity index (χ4v) is 2.43. The highest BCUT2D eigenvalue weighted by molar-refractivity contribution is 5.25. The van der Waals surface area contributed by atoms with Crippen LogP contribution in [0.3, 0.4) is 0 Å². The van der Waals surface area contributed by atoms with Crippen molar-refractivity contribution in [3.05, 3.63) is 71.3 Å². The summed E-state index contributed by atoms with van der Waals surface area (Å²) in [5.41, 5.74) is 1.18. The number of hydrogen-bond acceptors (Lipinski definition) is 1. The van der Waals surface area contributed by atoms with Crippen LogP contribution < -0.4 is 5.32 Å². The molecule has 2 rings (SSSR count). The summed E-state index contributed by atoms with van der Waals surface area (Å²) < 4.78 is 27.5. The Labute approximate surface area is 125 Å². The summed E-state index contributed by atoms with van der Waals surface area (Å²) in [6.07, 6.45) is 0. The highest BCUT2D eigenvalue weighted by atomic mass is 19.1. The van der Waals surface area contributed by atoms with Gasteiger partial charge in [-0.2, -0.15) is 0 Å². The molecular formula is C18H21F2N. The van der Waals surface area contributed by atoms with Gasteiger partial charge < -0.3 is 5.32 Å². The molecule has 2 aromatic carbocycles. The highest BCUT2D eigenvalue weighted by Gasteiger charge is 2.23. The van der Waals surface area contributed by atoms with Gasteiger partial charge in [0, 0.05) is 23.6 Å². The number of benzene rings is 2. The summed E-state index contributed by atoms with van der Waals surface area (Å²) >= 11 is 0. The molecule has 0 radical (unpaired) electrons. The Morgan fingerprint density at radius 1 is 0.952 bits per heavy atom. The maximum atomic E-state index is 13.8. The van der Waals surface area contributed by atoms with Crippen LogP contribution in [-0.2, 0) is 5.41 Å². The predicted molar refractivity (Wildman–Crippen MR) is 82.2 cm³/mol. The Kier molecular flexibility index (Phi) is 4.73. The van der Waals surface area contributed by atoms with Gasteiger partial charge >= 0.3 is 0 Å². The largest absolute Gasteiger partial charge is 0.309 e. The summed E-state index contributed by atoms with van der Waals surface area (Å²) in [4.78, 5) is 0. The van der Waals surface area contributed by atoms with Crippen molar-refractivity contribution in [1.82, 2.24) is 5.32 Å². The van der Waals surface area contributed by atoms with Gasteiger partial charge in [0.05, 0.1) is 0 Å². The molecule has 2 aromatic rings. The van der Waals surface area contributed by atoms with Gasteiger partial charge in [-0.25, -0.2) is 8.78 Å². The van der Waals surface area contributed by atoms with Crippen LogP contribution in [0.1, 0.15) is 37.9 Å². The quantitative estimate of drug-likeness (QED) is 0.848. The average molecular weight is 289 g/mol. The molecule has 0 amide bonds. The molecule has 112 valence electrons. The maximum Gasteiger partial charge on any atom is 0.130 e. The van der Waals surface area contributed by atoms with Gasteiger partial charge in [-0.15, -0.1) is 0 Å². The lowest BCUT2D eigenvalue weighted by atomic mass is 9.84. The summed E-state index contributed by atoms with van der Waals surface area (Å²) in [7, 11) is 0. The fraction of sp³-hybridized carbons (Fsp3) is 0.333. The third-order valence-electron chi connectivity index (χ3n) is 3.84. The van der Waals surface area contributed by atoms with Crippen LogP contribution >= 0.6 is 0 Å². The third kappa shape index (κ3) is 3.67. The molecule has 0 aliphatic heterocycles. The molecule has 0 heterocycles. The van der Waals surface area contributed by atoms with Crippen LogP contribution in [0.5, 0.6) is 0 Å². The van der Waals surface area contributed by atoms with Gasteiger partial charge in [-0.05, 0) is 24.6 Å². The Hall–Kier alpha value is -1.74. The van der Waals surface area contributed by atoms with Crippen LogP contribution in [-0.4, -0.2) is 6.54 Å². The zero-order valence-corrected chi connectivity index (χ0v) is 12.7. The van der Waals surface area contributed by atoms with Gasteiger partial charge in [0.2, 0.25) is 0 Å². The van der Waals surface area contributed by atoms with E-state index < -0.39 is 11.6 Å². The van der Waals surface area contributed by atoms with Gasteiger partial charge in [0.15, 0.2) is 0 Å². The first kappa shape index (κ1) is 15.6. The number of rotatable bonds is 5. The van der Waals surface area contributed by atoms with Crippen molar-refractivity contribution in [1.29, 1.82) is 0 Å². The van der Waals surface area contributed by atoms with E-state index in [9.17, 15) is 8.78 Å². The molecule has 21 heavy (non-hydrogen) atoms. The van der Waals surface area contributed by atoms with E-state index in [0.717, 1.165) is 0 Å². The number of hydrogen-bond donors (Lipinski definition) is 1. The molecule has 1 unspecified atom stereocenters. The Bertz CT molecular complexity index is 573. The van der Waals surface area contributed by atoms with E-state index in [1.165, 1.54) is 23.8 Å². The zero-order chi connectivity index (χ0) is 15.5. The van der Waals surface area contributed by atoms with Crippen molar-refractivity contribution in [2.24, 2.45) is 0 Å². The van der Waals surface area contributed by atoms with Crippen molar-refractivity contribution < 1.29 is 8.78 Å². The van der Waals surface area contributed by atoms with E-state index in [4.69, 9.17) is 0 Å². The fourth-order valence-electron chi connectivity index (χ4n) is 2.43. The molecular weight excluding hydrogens is 268 g/mol. The minimum Gasteiger partial charge on any atom is -0.309 e. The van der Waals surface area contributed by atoms with Crippen molar-refractivity contribution in [3.63, 3.8) is 0 Å². The molecule has 1 nitrogen and oxygen atoms in total. The normalized spacial score (nSPS) is 13.2. The first-order chi connectivity index (χ1) is 9.92. The maximum absolute atomic E-state index is 13.8. The summed E-state index contributed by atoms with van der Waals surface area (Å²) in [6.45, 7) is 6.63. The van der Waals surface area contributed by atoms with Crippen molar-refractivity contribution in [2.75, 3.05) is 6.54 Å². The second-order valence-corrected chi connectivity index (χ2v) is 5.99. The number of nitrogens with one attached hydrogen (secondary N) is 1. The summed E-state index contributed by atoms with van der Waals surface area (Å²) in [5.74, 6) is -1.01. The second-order valence-electron chi connectivity index (χ2n) is 5.99. The molecule has 0 aliphatic rings. The summed E-state index contributed by atoms with van der Waals surface area (Å²) in [5, 5.41) is 3.24. The van der Waals surface area contributed by atoms with Crippen LogP contribution in [0.4, 0.5) is 8.78 Å². The Morgan fingerprint density at radius 2 is 1.52 bits per heavy atom. The lowest BCUT2D eigenvalue weighted by Gasteiger charge is -2.28. The van der Waals surface area contributed by atoms with Crippen molar-refractivity contribution in [3.8, 4) is 0 Å². The SMILES string of the molecule is CC(NCC(C)(C)c1ccccc1)c1c(F)cccc1F. The topological polar surface area (TPSA) is 12.0 Å². The molecule has 1 atom stereocenters. The molecule has 0 saturated heterocycles. The van der Waals surface area contributed by atoms with Gasteiger partial charge in [-0.1, -0.05) is 50.2 Å². The third-order valence-corrected chi connectivity index (χ3v) is 3.84. The molecule has 3 heteroatoms. The lowest BCUT2D eigenvalue weighted by molar-refractivity contribution is 0.417.